The number of anilines is 1. The lowest BCUT2D eigenvalue weighted by Crippen LogP contribution is -2.31. The van der Waals surface area contributed by atoms with Crippen LogP contribution in [0.5, 0.6) is 5.75 Å². The number of para-hydroxylation sites is 1. The number of hydrogen-bond donors (Lipinski definition) is 1. The molecule has 0 radical (unpaired) electrons. The van der Waals surface area contributed by atoms with Gasteiger partial charge in [-0.2, -0.15) is 13.0 Å². The van der Waals surface area contributed by atoms with Crippen molar-refractivity contribution >= 4 is 73.1 Å². The highest BCUT2D eigenvalue weighted by atomic mass is 32.2. The Labute approximate surface area is 475 Å². The SMILES string of the molecule is CCCCN1/C(=C\C=C2/CCCC(/C=C/C3=[N+](CCCCCOC=O)c4ccc(C)cc4C3(C)CCCC)=C2Oc2ccccc2)C(C)(CCP(=O)(OCC)OCC)c2cc(S(=O)(=O)O)ccc21.O=S(=O)=O.O=S(=O)=O.O=S(=O)=O. The second kappa shape index (κ2) is 33.3. The van der Waals surface area contributed by atoms with E-state index in [0.717, 1.165) is 117 Å². The van der Waals surface area contributed by atoms with Gasteiger partial charge in [-0.25, -0.2) is 0 Å². The number of rotatable bonds is 26. The lowest BCUT2D eigenvalue weighted by atomic mass is 9.75. The fourth-order valence-electron chi connectivity index (χ4n) is 10.1. The first-order chi connectivity index (χ1) is 37.9. The third kappa shape index (κ3) is 20.4. The Kier molecular flexibility index (Phi) is 28.5. The van der Waals surface area contributed by atoms with Crippen LogP contribution in [0.15, 0.2) is 119 Å². The van der Waals surface area contributed by atoms with Gasteiger partial charge in [0.1, 0.15) is 18.1 Å². The summed E-state index contributed by atoms with van der Waals surface area (Å²) in [6.45, 7) is 17.5. The Hall–Kier alpha value is -5.72. The van der Waals surface area contributed by atoms with Crippen LogP contribution in [0.2, 0.25) is 0 Å². The van der Waals surface area contributed by atoms with Gasteiger partial charge in [0.05, 0.1) is 36.3 Å². The molecule has 1 N–H and O–H groups in total. The molecule has 80 heavy (non-hydrogen) atoms. The van der Waals surface area contributed by atoms with Crippen molar-refractivity contribution in [3.8, 4) is 5.75 Å². The summed E-state index contributed by atoms with van der Waals surface area (Å²) in [6, 6.07) is 21.5. The molecule has 0 bridgehead atoms. The van der Waals surface area contributed by atoms with Gasteiger partial charge in [0.2, 0.25) is 5.69 Å². The van der Waals surface area contributed by atoms with Crippen molar-refractivity contribution in [3.63, 3.8) is 0 Å². The summed E-state index contributed by atoms with van der Waals surface area (Å²) in [4.78, 5) is 12.9. The van der Waals surface area contributed by atoms with Crippen molar-refractivity contribution in [2.45, 2.75) is 141 Å². The average Bonchev–Trinajstić information content (AvgIpc) is 3.99. The normalized spacial score (nSPS) is 18.6. The van der Waals surface area contributed by atoms with Crippen LogP contribution in [0.1, 0.15) is 135 Å². The fraction of sp³-hybridized carbons (Fsp3) is 0.491. The van der Waals surface area contributed by atoms with Gasteiger partial charge in [-0.05, 0) is 151 Å². The number of benzene rings is 3. The number of ether oxygens (including phenoxy) is 2. The van der Waals surface area contributed by atoms with E-state index in [1.165, 1.54) is 28.6 Å². The zero-order valence-electron chi connectivity index (χ0n) is 46.3. The predicted molar refractivity (Wildman–Crippen MR) is 302 cm³/mol. The largest absolute Gasteiger partial charge is 0.468 e. The van der Waals surface area contributed by atoms with Crippen LogP contribution in [0.4, 0.5) is 11.4 Å². The summed E-state index contributed by atoms with van der Waals surface area (Å²) in [5.74, 6) is 1.55. The molecule has 0 spiro atoms. The number of carbonyl (C=O) groups is 1. The van der Waals surface area contributed by atoms with Crippen LogP contribution < -0.4 is 9.64 Å². The molecule has 3 aromatic carbocycles. The van der Waals surface area contributed by atoms with Crippen LogP contribution in [-0.2, 0) is 75.9 Å². The zero-order chi connectivity index (χ0) is 59.7. The van der Waals surface area contributed by atoms with Crippen LogP contribution in [-0.4, -0.2) is 107 Å². The molecule has 0 saturated carbocycles. The van der Waals surface area contributed by atoms with E-state index in [0.29, 0.717) is 26.0 Å². The van der Waals surface area contributed by atoms with Gasteiger partial charge in [-0.1, -0.05) is 69.0 Å². The van der Waals surface area contributed by atoms with Gasteiger partial charge >= 0.3 is 39.4 Å². The van der Waals surface area contributed by atoms with Crippen LogP contribution in [0, 0.1) is 6.92 Å². The average molecular weight is 1210 g/mol. The van der Waals surface area contributed by atoms with Crippen molar-refractivity contribution in [3.05, 3.63) is 130 Å². The molecule has 2 unspecified atom stereocenters. The minimum absolute atomic E-state index is 0.110. The fourth-order valence-corrected chi connectivity index (χ4v) is 12.5. The molecule has 6 rings (SSSR count). The topological polar surface area (TPSA) is 285 Å². The van der Waals surface area contributed by atoms with Gasteiger partial charge in [-0.15, -0.1) is 37.9 Å². The van der Waals surface area contributed by atoms with Crippen molar-refractivity contribution in [2.75, 3.05) is 44.0 Å². The lowest BCUT2D eigenvalue weighted by molar-refractivity contribution is -0.438. The van der Waals surface area contributed by atoms with E-state index in [1.807, 2.05) is 30.3 Å². The second-order valence-corrected chi connectivity index (χ2v) is 24.1. The Morgan fingerprint density at radius 1 is 0.738 bits per heavy atom. The number of hydrogen-bond acceptors (Lipinski definition) is 18. The molecule has 20 nitrogen and oxygen atoms in total. The molecule has 2 aliphatic heterocycles. The molecular weight excluding hydrogens is 1140 g/mol. The summed E-state index contributed by atoms with van der Waals surface area (Å²) in [7, 11) is -17.3. The number of unbranched alkanes of at least 4 members (excludes halogenated alkanes) is 4. The standard InChI is InChI=1S/C55H73N2O9PS.3O3S/c1-8-12-33-54(6)47-39-42(5)25-29-49(47)57(36-18-15-19-37-63-41-58)51(54)31-26-43-21-20-22-44(53(43)66-45-23-16-14-17-24-45)27-32-52-55(7,34-38-67(59,64-10-3)65-11-4)48-40-46(68(60,61)62)28-30-50(48)56(52)35-13-9-2;3*1-4(2)3/h14,16-17,23-32,39-41H,8-13,15,18-22,33-38H2,1-7H3;;;/p+1. The number of allylic oxidation sites excluding steroid dienone is 7. The Morgan fingerprint density at radius 3 is 1.96 bits per heavy atom. The highest BCUT2D eigenvalue weighted by Gasteiger charge is 2.48. The summed E-state index contributed by atoms with van der Waals surface area (Å²) in [5, 5.41) is 0. The summed E-state index contributed by atoms with van der Waals surface area (Å²) in [5.41, 5.74) is 8.71. The first kappa shape index (κ1) is 68.6. The molecule has 2 heterocycles. The van der Waals surface area contributed by atoms with Gasteiger partial charge in [0.15, 0.2) is 5.71 Å². The highest BCUT2D eigenvalue weighted by Crippen LogP contribution is 2.56. The summed E-state index contributed by atoms with van der Waals surface area (Å²) < 4.78 is 151. The van der Waals surface area contributed by atoms with E-state index in [4.69, 9.17) is 56.4 Å². The Bertz CT molecular complexity index is 3190. The van der Waals surface area contributed by atoms with E-state index >= 15 is 0 Å². The smallest absolute Gasteiger partial charge is 0.425 e. The maximum Gasteiger partial charge on any atom is 0.425 e. The predicted octanol–water partition coefficient (Wildman–Crippen LogP) is 10.2. The molecule has 1 aliphatic carbocycles. The maximum absolute atomic E-state index is 14.0. The van der Waals surface area contributed by atoms with Crippen molar-refractivity contribution in [1.29, 1.82) is 0 Å². The van der Waals surface area contributed by atoms with E-state index in [-0.39, 0.29) is 29.7 Å². The van der Waals surface area contributed by atoms with Gasteiger partial charge in [0, 0.05) is 47.5 Å². The third-order valence-electron chi connectivity index (χ3n) is 13.7. The van der Waals surface area contributed by atoms with Crippen LogP contribution in [0.3, 0.4) is 0 Å². The monoisotopic (exact) mass is 1210 g/mol. The van der Waals surface area contributed by atoms with Gasteiger partial charge in [0.25, 0.3) is 16.6 Å². The molecule has 440 valence electrons. The Morgan fingerprint density at radius 2 is 1.38 bits per heavy atom. The first-order valence-electron chi connectivity index (χ1n) is 26.3. The zero-order valence-corrected chi connectivity index (χ0v) is 50.5. The molecule has 2 atom stereocenters. The van der Waals surface area contributed by atoms with Gasteiger partial charge in [-0.3, -0.25) is 13.9 Å². The molecule has 3 aromatic rings. The third-order valence-corrected chi connectivity index (χ3v) is 16.7. The molecule has 0 aromatic heterocycles. The van der Waals surface area contributed by atoms with E-state index in [1.54, 1.807) is 26.0 Å². The van der Waals surface area contributed by atoms with E-state index < -0.39 is 55.0 Å². The number of aryl methyl sites for hydroxylation is 1. The van der Waals surface area contributed by atoms with Crippen molar-refractivity contribution in [1.82, 2.24) is 0 Å². The minimum atomic E-state index is -4.52. The van der Waals surface area contributed by atoms with Crippen molar-refractivity contribution in [2.24, 2.45) is 0 Å². The van der Waals surface area contributed by atoms with Crippen LogP contribution in [0.25, 0.3) is 0 Å². The number of fused-ring (bicyclic) bond motifs is 2. The quantitative estimate of drug-likeness (QED) is 0.0257. The Balaban J connectivity index is 0.00000127. The summed E-state index contributed by atoms with van der Waals surface area (Å²) in [6.07, 6.45) is 19.6. The van der Waals surface area contributed by atoms with Gasteiger partial charge < -0.3 is 23.4 Å². The van der Waals surface area contributed by atoms with E-state index in [2.05, 4.69) is 86.6 Å². The molecule has 0 saturated heterocycles. The molecule has 0 fully saturated rings. The lowest BCUT2D eigenvalue weighted by Gasteiger charge is -2.32. The van der Waals surface area contributed by atoms with Crippen LogP contribution >= 0.6 is 7.60 Å². The molecule has 0 amide bonds. The molecule has 25 heteroatoms. The second-order valence-electron chi connectivity index (χ2n) is 19.2. The number of carbonyl (C=O) groups excluding carboxylic acids is 1. The maximum atomic E-state index is 14.0. The highest BCUT2D eigenvalue weighted by molar-refractivity contribution is 7.85. The van der Waals surface area contributed by atoms with E-state index in [9.17, 15) is 22.3 Å². The molecule has 3 aliphatic rings. The molecular formula is C55H74N2O18PS4+. The summed E-state index contributed by atoms with van der Waals surface area (Å²) >= 11 is 0. The minimum Gasteiger partial charge on any atom is -0.468 e. The first-order valence-corrected chi connectivity index (χ1v) is 32.5. The van der Waals surface area contributed by atoms with Crippen molar-refractivity contribution < 1.29 is 83.3 Å². The number of nitrogens with zero attached hydrogens (tertiary/aromatic N) is 2.